The number of halogens is 1. The molecule has 0 aliphatic carbocycles. The summed E-state index contributed by atoms with van der Waals surface area (Å²) in [4.78, 5) is 0. The van der Waals surface area contributed by atoms with E-state index in [0.29, 0.717) is 11.3 Å². The molecule has 1 aliphatic rings. The van der Waals surface area contributed by atoms with Gasteiger partial charge in [-0.25, -0.2) is 4.39 Å². The molecule has 2 aromatic carbocycles. The standard InChI is InChI=1S/C25H27FO5/c1-4-6-18-14-21(31-25-24(29)23(28)22(27)15(3)30-25)19(13-17(18)5-2)10-7-16-8-11-20(26)12-9-16/h4-15,22-25,27-29H,2H2,1,3H3/b6-4-,10-7+/t15-,22-,23+,24-,25?/m1/s1. The SMILES string of the molecule is C=Cc1cc(/C=C/c2ccc(F)cc2)c(OC2O[C@H](C)[C@@H](O)[C@H](O)[C@H]2O)cc1/C=C\C. The Balaban J connectivity index is 1.99. The monoisotopic (exact) mass is 426 g/mol. The van der Waals surface area contributed by atoms with Crippen molar-refractivity contribution in [2.24, 2.45) is 0 Å². The van der Waals surface area contributed by atoms with E-state index >= 15 is 0 Å². The smallest absolute Gasteiger partial charge is 0.229 e. The molecule has 1 unspecified atom stereocenters. The van der Waals surface area contributed by atoms with Crippen LogP contribution in [-0.2, 0) is 4.74 Å². The van der Waals surface area contributed by atoms with Gasteiger partial charge < -0.3 is 24.8 Å². The number of aliphatic hydroxyl groups is 3. The lowest BCUT2D eigenvalue weighted by atomic mass is 9.99. The van der Waals surface area contributed by atoms with E-state index in [1.54, 1.807) is 37.3 Å². The first-order valence-corrected chi connectivity index (χ1v) is 10.1. The van der Waals surface area contributed by atoms with Crippen LogP contribution in [0.4, 0.5) is 4.39 Å². The summed E-state index contributed by atoms with van der Waals surface area (Å²) < 4.78 is 24.7. The number of benzene rings is 2. The van der Waals surface area contributed by atoms with Crippen LogP contribution >= 0.6 is 0 Å². The Bertz CT molecular complexity index is 967. The van der Waals surface area contributed by atoms with Gasteiger partial charge in [-0.3, -0.25) is 0 Å². The molecule has 5 nitrogen and oxygen atoms in total. The van der Waals surface area contributed by atoms with E-state index in [2.05, 4.69) is 6.58 Å². The Hall–Kier alpha value is -2.77. The predicted molar refractivity (Wildman–Crippen MR) is 120 cm³/mol. The summed E-state index contributed by atoms with van der Waals surface area (Å²) >= 11 is 0. The largest absolute Gasteiger partial charge is 0.461 e. The number of ether oxygens (including phenoxy) is 2. The number of allylic oxidation sites excluding steroid dienone is 1. The van der Waals surface area contributed by atoms with Gasteiger partial charge in [-0.15, -0.1) is 0 Å². The van der Waals surface area contributed by atoms with Crippen LogP contribution in [-0.4, -0.2) is 46.0 Å². The Morgan fingerprint density at radius 1 is 0.935 bits per heavy atom. The average molecular weight is 426 g/mol. The number of hydrogen-bond acceptors (Lipinski definition) is 5. The zero-order valence-electron chi connectivity index (χ0n) is 17.5. The van der Waals surface area contributed by atoms with Gasteiger partial charge in [0.05, 0.1) is 6.10 Å². The van der Waals surface area contributed by atoms with Crippen LogP contribution in [0.15, 0.2) is 49.1 Å². The maximum Gasteiger partial charge on any atom is 0.229 e. The summed E-state index contributed by atoms with van der Waals surface area (Å²) in [7, 11) is 0. The lowest BCUT2D eigenvalue weighted by Gasteiger charge is -2.39. The molecule has 1 aliphatic heterocycles. The maximum atomic E-state index is 13.2. The first kappa shape index (κ1) is 22.9. The van der Waals surface area contributed by atoms with Crippen LogP contribution in [0.25, 0.3) is 24.3 Å². The first-order chi connectivity index (χ1) is 14.8. The van der Waals surface area contributed by atoms with Crippen molar-refractivity contribution in [3.05, 3.63) is 77.1 Å². The molecular formula is C25H27FO5. The van der Waals surface area contributed by atoms with Crippen molar-refractivity contribution < 1.29 is 29.2 Å². The molecule has 1 heterocycles. The molecule has 1 saturated heterocycles. The summed E-state index contributed by atoms with van der Waals surface area (Å²) in [6.45, 7) is 7.35. The minimum Gasteiger partial charge on any atom is -0.461 e. The van der Waals surface area contributed by atoms with Crippen molar-refractivity contribution in [3.63, 3.8) is 0 Å². The minimum absolute atomic E-state index is 0.316. The van der Waals surface area contributed by atoms with Crippen LogP contribution in [0, 0.1) is 5.82 Å². The molecule has 0 bridgehead atoms. The zero-order chi connectivity index (χ0) is 22.5. The fourth-order valence-electron chi connectivity index (χ4n) is 3.36. The molecule has 0 aromatic heterocycles. The molecule has 1 fully saturated rings. The van der Waals surface area contributed by atoms with E-state index in [4.69, 9.17) is 9.47 Å². The highest BCUT2D eigenvalue weighted by Gasteiger charge is 2.43. The molecule has 6 heteroatoms. The van der Waals surface area contributed by atoms with E-state index < -0.39 is 30.7 Å². The van der Waals surface area contributed by atoms with Gasteiger partial charge in [0.25, 0.3) is 0 Å². The van der Waals surface area contributed by atoms with Crippen molar-refractivity contribution in [1.29, 1.82) is 0 Å². The number of rotatable bonds is 6. The van der Waals surface area contributed by atoms with Gasteiger partial charge in [-0.1, -0.05) is 49.1 Å². The van der Waals surface area contributed by atoms with Gasteiger partial charge in [-0.05, 0) is 54.8 Å². The van der Waals surface area contributed by atoms with Gasteiger partial charge in [0.2, 0.25) is 6.29 Å². The second-order valence-electron chi connectivity index (χ2n) is 7.41. The fourth-order valence-corrected chi connectivity index (χ4v) is 3.36. The van der Waals surface area contributed by atoms with E-state index in [-0.39, 0.29) is 5.82 Å². The van der Waals surface area contributed by atoms with Crippen LogP contribution in [0.2, 0.25) is 0 Å². The Morgan fingerprint density at radius 2 is 1.65 bits per heavy atom. The third-order valence-electron chi connectivity index (χ3n) is 5.16. The van der Waals surface area contributed by atoms with Crippen LogP contribution < -0.4 is 4.74 Å². The van der Waals surface area contributed by atoms with E-state index in [0.717, 1.165) is 16.7 Å². The first-order valence-electron chi connectivity index (χ1n) is 10.1. The third kappa shape index (κ3) is 5.29. The molecule has 0 spiro atoms. The molecule has 0 amide bonds. The molecule has 164 valence electrons. The van der Waals surface area contributed by atoms with E-state index in [1.807, 2.05) is 31.2 Å². The summed E-state index contributed by atoms with van der Waals surface area (Å²) in [5, 5.41) is 30.4. The van der Waals surface area contributed by atoms with Crippen molar-refractivity contribution in [1.82, 2.24) is 0 Å². The minimum atomic E-state index is -1.43. The molecular weight excluding hydrogens is 399 g/mol. The fraction of sp³-hybridized carbons (Fsp3) is 0.280. The normalized spacial score (nSPS) is 26.5. The van der Waals surface area contributed by atoms with Gasteiger partial charge in [-0.2, -0.15) is 0 Å². The molecule has 0 saturated carbocycles. The Kier molecular flexibility index (Phi) is 7.41. The highest BCUT2D eigenvalue weighted by Crippen LogP contribution is 2.31. The average Bonchev–Trinajstić information content (AvgIpc) is 2.76. The van der Waals surface area contributed by atoms with E-state index in [9.17, 15) is 19.7 Å². The van der Waals surface area contributed by atoms with Crippen molar-refractivity contribution in [3.8, 4) is 5.75 Å². The maximum absolute atomic E-state index is 13.2. The lowest BCUT2D eigenvalue weighted by molar-refractivity contribution is -0.268. The highest BCUT2D eigenvalue weighted by molar-refractivity contribution is 5.77. The van der Waals surface area contributed by atoms with Gasteiger partial charge in [0.15, 0.2) is 0 Å². The van der Waals surface area contributed by atoms with Crippen LogP contribution in [0.1, 0.15) is 36.1 Å². The second-order valence-corrected chi connectivity index (χ2v) is 7.41. The summed E-state index contributed by atoms with van der Waals surface area (Å²) in [5.74, 6) is 0.0982. The molecule has 3 rings (SSSR count). The zero-order valence-corrected chi connectivity index (χ0v) is 17.5. The van der Waals surface area contributed by atoms with Gasteiger partial charge >= 0.3 is 0 Å². The molecule has 31 heavy (non-hydrogen) atoms. The third-order valence-corrected chi connectivity index (χ3v) is 5.16. The number of aliphatic hydroxyl groups excluding tert-OH is 3. The van der Waals surface area contributed by atoms with Crippen molar-refractivity contribution in [2.75, 3.05) is 0 Å². The quantitative estimate of drug-likeness (QED) is 0.611. The van der Waals surface area contributed by atoms with Crippen LogP contribution in [0.5, 0.6) is 5.75 Å². The Morgan fingerprint density at radius 3 is 2.29 bits per heavy atom. The number of hydrogen-bond donors (Lipinski definition) is 3. The van der Waals surface area contributed by atoms with Crippen LogP contribution in [0.3, 0.4) is 0 Å². The topological polar surface area (TPSA) is 79.2 Å². The molecule has 2 aromatic rings. The Labute approximate surface area is 181 Å². The van der Waals surface area contributed by atoms with Gasteiger partial charge in [0.1, 0.15) is 29.9 Å². The lowest BCUT2D eigenvalue weighted by Crippen LogP contribution is -2.58. The van der Waals surface area contributed by atoms with E-state index in [1.165, 1.54) is 12.1 Å². The molecule has 0 radical (unpaired) electrons. The van der Waals surface area contributed by atoms with Crippen molar-refractivity contribution in [2.45, 2.75) is 44.6 Å². The highest BCUT2D eigenvalue weighted by atomic mass is 19.1. The van der Waals surface area contributed by atoms with Crippen molar-refractivity contribution >= 4 is 24.3 Å². The summed E-state index contributed by atoms with van der Waals surface area (Å²) in [6.07, 6.45) is 3.20. The predicted octanol–water partition coefficient (Wildman–Crippen LogP) is 3.88. The molecule has 5 atom stereocenters. The summed E-state index contributed by atoms with van der Waals surface area (Å²) in [5.41, 5.74) is 3.20. The molecule has 3 N–H and O–H groups in total. The van der Waals surface area contributed by atoms with Gasteiger partial charge in [0, 0.05) is 5.56 Å². The second kappa shape index (κ2) is 10.0. The summed E-state index contributed by atoms with van der Waals surface area (Å²) in [6, 6.07) is 9.73.